The summed E-state index contributed by atoms with van der Waals surface area (Å²) in [4.78, 5) is 0. The Kier molecular flexibility index (Phi) is 4.62. The molecule has 2 rings (SSSR count). The van der Waals surface area contributed by atoms with Gasteiger partial charge in [0.1, 0.15) is 5.75 Å². The number of methoxy groups -OCH3 is 1. The van der Waals surface area contributed by atoms with Gasteiger partial charge in [0.05, 0.1) is 18.7 Å². The number of anilines is 1. The van der Waals surface area contributed by atoms with Crippen LogP contribution in [0, 0.1) is 11.3 Å². The molecule has 102 valence electrons. The lowest BCUT2D eigenvalue weighted by atomic mass is 10.1. The lowest BCUT2D eigenvalue weighted by molar-refractivity contribution is 0.409. The highest BCUT2D eigenvalue weighted by molar-refractivity contribution is 5.48. The molecule has 1 unspecified atom stereocenters. The van der Waals surface area contributed by atoms with Gasteiger partial charge in [0.2, 0.25) is 0 Å². The average Bonchev–Trinajstić information content (AvgIpc) is 2.48. The van der Waals surface area contributed by atoms with Gasteiger partial charge in [-0.15, -0.1) is 0 Å². The van der Waals surface area contributed by atoms with Crippen molar-refractivity contribution in [2.24, 2.45) is 0 Å². The van der Waals surface area contributed by atoms with Crippen molar-refractivity contribution in [2.75, 3.05) is 12.4 Å². The third-order valence-electron chi connectivity index (χ3n) is 3.15. The van der Waals surface area contributed by atoms with Gasteiger partial charge in [0.15, 0.2) is 0 Å². The predicted octanol–water partition coefficient (Wildman–Crippen LogP) is 3.61. The summed E-state index contributed by atoms with van der Waals surface area (Å²) < 4.78 is 5.36. The monoisotopic (exact) mass is 266 g/mol. The molecule has 0 aliphatic carbocycles. The van der Waals surface area contributed by atoms with Crippen molar-refractivity contribution in [1.29, 1.82) is 5.26 Å². The molecule has 0 fully saturated rings. The third-order valence-corrected chi connectivity index (χ3v) is 3.15. The number of nitrogens with zero attached hydrogens (tertiary/aromatic N) is 1. The molecular formula is C17H18N2O. The number of benzene rings is 2. The molecule has 0 saturated carbocycles. The largest absolute Gasteiger partial charge is 0.496 e. The molecule has 20 heavy (non-hydrogen) atoms. The van der Waals surface area contributed by atoms with Crippen LogP contribution in [0.4, 0.5) is 5.69 Å². The molecule has 3 heteroatoms. The van der Waals surface area contributed by atoms with E-state index in [0.29, 0.717) is 5.56 Å². The Morgan fingerprint density at radius 2 is 1.85 bits per heavy atom. The summed E-state index contributed by atoms with van der Waals surface area (Å²) in [5.74, 6) is 0.918. The minimum Gasteiger partial charge on any atom is -0.496 e. The highest BCUT2D eigenvalue weighted by atomic mass is 16.5. The number of nitriles is 1. The van der Waals surface area contributed by atoms with E-state index in [0.717, 1.165) is 17.9 Å². The molecule has 0 radical (unpaired) electrons. The molecular weight excluding hydrogens is 248 g/mol. The van der Waals surface area contributed by atoms with Crippen LogP contribution in [0.25, 0.3) is 0 Å². The quantitative estimate of drug-likeness (QED) is 0.899. The van der Waals surface area contributed by atoms with E-state index in [1.54, 1.807) is 7.11 Å². The van der Waals surface area contributed by atoms with Crippen LogP contribution in [0.1, 0.15) is 18.1 Å². The number of ether oxygens (including phenoxy) is 1. The first-order valence-electron chi connectivity index (χ1n) is 6.61. The molecule has 0 aliphatic heterocycles. The van der Waals surface area contributed by atoms with Gasteiger partial charge in [0, 0.05) is 11.7 Å². The van der Waals surface area contributed by atoms with Crippen molar-refractivity contribution in [3.63, 3.8) is 0 Å². The van der Waals surface area contributed by atoms with Gasteiger partial charge in [-0.05, 0) is 49.2 Å². The molecule has 0 saturated heterocycles. The average molecular weight is 266 g/mol. The zero-order valence-corrected chi connectivity index (χ0v) is 11.8. The summed E-state index contributed by atoms with van der Waals surface area (Å²) in [6, 6.07) is 17.9. The number of para-hydroxylation sites is 1. The first-order chi connectivity index (χ1) is 9.72. The van der Waals surface area contributed by atoms with E-state index in [1.165, 1.54) is 5.56 Å². The molecule has 1 N–H and O–H groups in total. The fourth-order valence-corrected chi connectivity index (χ4v) is 2.18. The normalized spacial score (nSPS) is 11.4. The van der Waals surface area contributed by atoms with Gasteiger partial charge in [0.25, 0.3) is 0 Å². The summed E-state index contributed by atoms with van der Waals surface area (Å²) in [6.45, 7) is 2.13. The Bertz CT molecular complexity index is 599. The summed E-state index contributed by atoms with van der Waals surface area (Å²) >= 11 is 0. The maximum Gasteiger partial charge on any atom is 0.122 e. The van der Waals surface area contributed by atoms with Crippen LogP contribution < -0.4 is 10.1 Å². The molecule has 0 heterocycles. The van der Waals surface area contributed by atoms with E-state index in [1.807, 2.05) is 42.5 Å². The van der Waals surface area contributed by atoms with Gasteiger partial charge < -0.3 is 10.1 Å². The maximum atomic E-state index is 8.78. The highest BCUT2D eigenvalue weighted by Crippen LogP contribution is 2.20. The lowest BCUT2D eigenvalue weighted by Crippen LogP contribution is -2.18. The Morgan fingerprint density at radius 1 is 1.15 bits per heavy atom. The van der Waals surface area contributed by atoms with Crippen LogP contribution >= 0.6 is 0 Å². The molecule has 3 nitrogen and oxygen atoms in total. The molecule has 0 aliphatic rings. The van der Waals surface area contributed by atoms with Gasteiger partial charge >= 0.3 is 0 Å². The highest BCUT2D eigenvalue weighted by Gasteiger charge is 2.07. The summed E-state index contributed by atoms with van der Waals surface area (Å²) in [5, 5.41) is 12.2. The zero-order valence-electron chi connectivity index (χ0n) is 11.8. The van der Waals surface area contributed by atoms with Gasteiger partial charge in [-0.2, -0.15) is 5.26 Å². The predicted molar refractivity (Wildman–Crippen MR) is 80.9 cm³/mol. The number of hydrogen-bond acceptors (Lipinski definition) is 3. The van der Waals surface area contributed by atoms with E-state index in [9.17, 15) is 0 Å². The SMILES string of the molecule is COc1ccccc1CC(C)Nc1ccc(C#N)cc1. The fourth-order valence-electron chi connectivity index (χ4n) is 2.18. The number of rotatable bonds is 5. The van der Waals surface area contributed by atoms with Crippen LogP contribution in [0.15, 0.2) is 48.5 Å². The van der Waals surface area contributed by atoms with Crippen molar-refractivity contribution < 1.29 is 4.74 Å². The van der Waals surface area contributed by atoms with Crippen molar-refractivity contribution in [3.05, 3.63) is 59.7 Å². The number of nitrogens with one attached hydrogen (secondary N) is 1. The summed E-state index contributed by atoms with van der Waals surface area (Å²) in [6.07, 6.45) is 0.879. The van der Waals surface area contributed by atoms with E-state index in [4.69, 9.17) is 10.00 Å². The molecule has 0 aromatic heterocycles. The van der Waals surface area contributed by atoms with Crippen LogP contribution in [0.3, 0.4) is 0 Å². The minimum atomic E-state index is 0.277. The van der Waals surface area contributed by atoms with Crippen molar-refractivity contribution >= 4 is 5.69 Å². The molecule has 0 bridgehead atoms. The van der Waals surface area contributed by atoms with E-state index < -0.39 is 0 Å². The van der Waals surface area contributed by atoms with Gasteiger partial charge in [-0.1, -0.05) is 18.2 Å². The van der Waals surface area contributed by atoms with E-state index in [-0.39, 0.29) is 6.04 Å². The van der Waals surface area contributed by atoms with E-state index in [2.05, 4.69) is 24.4 Å². The fraction of sp³-hybridized carbons (Fsp3) is 0.235. The lowest BCUT2D eigenvalue weighted by Gasteiger charge is -2.17. The smallest absolute Gasteiger partial charge is 0.122 e. The van der Waals surface area contributed by atoms with Crippen LogP contribution in [-0.4, -0.2) is 13.2 Å². The summed E-state index contributed by atoms with van der Waals surface area (Å²) in [7, 11) is 1.69. The Morgan fingerprint density at radius 3 is 2.50 bits per heavy atom. The summed E-state index contributed by atoms with van der Waals surface area (Å²) in [5.41, 5.74) is 2.88. The van der Waals surface area contributed by atoms with Crippen molar-refractivity contribution in [2.45, 2.75) is 19.4 Å². The van der Waals surface area contributed by atoms with Crippen LogP contribution in [0.5, 0.6) is 5.75 Å². The molecule has 2 aromatic carbocycles. The second-order valence-electron chi connectivity index (χ2n) is 4.75. The first kappa shape index (κ1) is 14.0. The Hall–Kier alpha value is -2.47. The third kappa shape index (κ3) is 3.52. The zero-order chi connectivity index (χ0) is 14.4. The Balaban J connectivity index is 2.01. The maximum absolute atomic E-state index is 8.78. The van der Waals surface area contributed by atoms with E-state index >= 15 is 0 Å². The first-order valence-corrected chi connectivity index (χ1v) is 6.61. The standard InChI is InChI=1S/C17H18N2O/c1-13(11-15-5-3-4-6-17(15)20-2)19-16-9-7-14(12-18)8-10-16/h3-10,13,19H,11H2,1-2H3. The number of hydrogen-bond donors (Lipinski definition) is 1. The minimum absolute atomic E-state index is 0.277. The van der Waals surface area contributed by atoms with Crippen molar-refractivity contribution in [3.8, 4) is 11.8 Å². The van der Waals surface area contributed by atoms with Gasteiger partial charge in [-0.25, -0.2) is 0 Å². The second-order valence-corrected chi connectivity index (χ2v) is 4.75. The van der Waals surface area contributed by atoms with Crippen LogP contribution in [-0.2, 0) is 6.42 Å². The van der Waals surface area contributed by atoms with Gasteiger partial charge in [-0.3, -0.25) is 0 Å². The molecule has 1 atom stereocenters. The second kappa shape index (κ2) is 6.63. The molecule has 0 spiro atoms. The van der Waals surface area contributed by atoms with Crippen LogP contribution in [0.2, 0.25) is 0 Å². The van der Waals surface area contributed by atoms with Crippen molar-refractivity contribution in [1.82, 2.24) is 0 Å². The molecule has 0 amide bonds. The Labute approximate surface area is 119 Å². The molecule has 2 aromatic rings. The topological polar surface area (TPSA) is 45.0 Å².